The molecule has 150 valence electrons. The van der Waals surface area contributed by atoms with Gasteiger partial charge in [0.15, 0.2) is 6.61 Å². The van der Waals surface area contributed by atoms with Crippen LogP contribution in [0.15, 0.2) is 12.1 Å². The number of aromatic nitrogens is 1. The molecule has 1 N–H and O–H groups in total. The fourth-order valence-electron chi connectivity index (χ4n) is 3.16. The maximum Gasteiger partial charge on any atom is 0.331 e. The molecule has 1 aromatic heterocycles. The van der Waals surface area contributed by atoms with E-state index in [9.17, 15) is 19.2 Å². The van der Waals surface area contributed by atoms with Crippen molar-refractivity contribution in [2.75, 3.05) is 25.4 Å². The molecule has 9 heteroatoms. The van der Waals surface area contributed by atoms with E-state index in [0.29, 0.717) is 6.04 Å². The third-order valence-electron chi connectivity index (χ3n) is 4.68. The number of nitrogens with one attached hydrogen (secondary N) is 1. The summed E-state index contributed by atoms with van der Waals surface area (Å²) in [6, 6.07) is 2.60. The summed E-state index contributed by atoms with van der Waals surface area (Å²) in [5.74, 6) is -1.21. The van der Waals surface area contributed by atoms with E-state index >= 15 is 0 Å². The lowest BCUT2D eigenvalue weighted by Crippen LogP contribution is -2.38. The summed E-state index contributed by atoms with van der Waals surface area (Å²) in [6.07, 6.45) is 5.39. The highest BCUT2D eigenvalue weighted by Crippen LogP contribution is 2.38. The number of thioether (sulfide) groups is 1. The van der Waals surface area contributed by atoms with Crippen LogP contribution in [0.2, 0.25) is 0 Å². The quantitative estimate of drug-likeness (QED) is 0.523. The van der Waals surface area contributed by atoms with Crippen LogP contribution < -0.4 is 5.32 Å². The molecular formula is C19H23N3O5S. The van der Waals surface area contributed by atoms with E-state index in [1.165, 1.54) is 24.6 Å². The van der Waals surface area contributed by atoms with Crippen LogP contribution in [0.25, 0.3) is 6.08 Å². The Labute approximate surface area is 167 Å². The summed E-state index contributed by atoms with van der Waals surface area (Å²) < 4.78 is 7.22. The van der Waals surface area contributed by atoms with Crippen LogP contribution in [0.4, 0.5) is 4.79 Å². The van der Waals surface area contributed by atoms with Crippen molar-refractivity contribution in [1.82, 2.24) is 14.8 Å². The number of carbonyl (C=O) groups is 4. The van der Waals surface area contributed by atoms with Crippen LogP contribution >= 0.6 is 11.8 Å². The third-order valence-corrected chi connectivity index (χ3v) is 5.54. The SMILES string of the molecule is Cc1cc(/C=C/C(=O)OCC(=O)NCCN2C(=O)CSC2=O)c(C)n1C1CC1. The predicted octanol–water partition coefficient (Wildman–Crippen LogP) is 1.81. The molecule has 2 fully saturated rings. The predicted molar refractivity (Wildman–Crippen MR) is 105 cm³/mol. The van der Waals surface area contributed by atoms with Crippen molar-refractivity contribution in [2.24, 2.45) is 0 Å². The Hall–Kier alpha value is -2.55. The summed E-state index contributed by atoms with van der Waals surface area (Å²) in [5, 5.41) is 2.21. The van der Waals surface area contributed by atoms with E-state index in [-0.39, 0.29) is 30.0 Å². The first-order valence-corrected chi connectivity index (χ1v) is 10.1. The number of imide groups is 1. The Bertz CT molecular complexity index is 825. The van der Waals surface area contributed by atoms with Gasteiger partial charge in [-0.25, -0.2) is 4.79 Å². The van der Waals surface area contributed by atoms with Crippen LogP contribution in [-0.4, -0.2) is 57.9 Å². The topological polar surface area (TPSA) is 97.7 Å². The van der Waals surface area contributed by atoms with Crippen LogP contribution in [0, 0.1) is 13.8 Å². The minimum absolute atomic E-state index is 0.112. The molecule has 8 nitrogen and oxygen atoms in total. The van der Waals surface area contributed by atoms with Crippen molar-refractivity contribution in [3.8, 4) is 0 Å². The number of aryl methyl sites for hydroxylation is 1. The number of nitrogens with zero attached hydrogens (tertiary/aromatic N) is 2. The van der Waals surface area contributed by atoms with Crippen molar-refractivity contribution in [1.29, 1.82) is 0 Å². The Morgan fingerprint density at radius 1 is 1.32 bits per heavy atom. The number of ether oxygens (including phenoxy) is 1. The Morgan fingerprint density at radius 2 is 2.07 bits per heavy atom. The first kappa shape index (κ1) is 20.2. The number of hydrogen-bond donors (Lipinski definition) is 1. The normalized spacial score (nSPS) is 16.9. The van der Waals surface area contributed by atoms with Crippen molar-refractivity contribution >= 4 is 40.9 Å². The van der Waals surface area contributed by atoms with Gasteiger partial charge in [0.05, 0.1) is 5.75 Å². The minimum atomic E-state index is -0.604. The smallest absolute Gasteiger partial charge is 0.331 e. The van der Waals surface area contributed by atoms with Gasteiger partial charge in [-0.1, -0.05) is 11.8 Å². The second-order valence-corrected chi connectivity index (χ2v) is 7.75. The zero-order valence-corrected chi connectivity index (χ0v) is 16.7. The van der Waals surface area contributed by atoms with Crippen LogP contribution in [0.5, 0.6) is 0 Å². The average Bonchev–Trinajstić information content (AvgIpc) is 3.38. The van der Waals surface area contributed by atoms with Gasteiger partial charge in [-0.2, -0.15) is 0 Å². The first-order chi connectivity index (χ1) is 13.4. The summed E-state index contributed by atoms with van der Waals surface area (Å²) in [5.41, 5.74) is 3.25. The Balaban J connectivity index is 1.40. The lowest BCUT2D eigenvalue weighted by atomic mass is 10.2. The monoisotopic (exact) mass is 405 g/mol. The van der Waals surface area contributed by atoms with Gasteiger partial charge in [-0.3, -0.25) is 19.3 Å². The Kier molecular flexibility index (Phi) is 6.23. The number of rotatable bonds is 8. The Morgan fingerprint density at radius 3 is 2.71 bits per heavy atom. The van der Waals surface area contributed by atoms with Gasteiger partial charge in [0.1, 0.15) is 0 Å². The highest BCUT2D eigenvalue weighted by Gasteiger charge is 2.29. The molecule has 3 amide bonds. The summed E-state index contributed by atoms with van der Waals surface area (Å²) in [7, 11) is 0. The highest BCUT2D eigenvalue weighted by molar-refractivity contribution is 8.14. The molecule has 1 saturated heterocycles. The van der Waals surface area contributed by atoms with Gasteiger partial charge in [0, 0.05) is 36.6 Å². The molecule has 28 heavy (non-hydrogen) atoms. The summed E-state index contributed by atoms with van der Waals surface area (Å²) in [4.78, 5) is 47.5. The molecule has 0 unspecified atom stereocenters. The number of amides is 3. The zero-order chi connectivity index (χ0) is 20.3. The summed E-state index contributed by atoms with van der Waals surface area (Å²) >= 11 is 0.945. The van der Waals surface area contributed by atoms with Gasteiger partial charge >= 0.3 is 5.97 Å². The molecule has 1 aliphatic heterocycles. The van der Waals surface area contributed by atoms with Crippen molar-refractivity contribution in [3.05, 3.63) is 29.1 Å². The summed E-state index contributed by atoms with van der Waals surface area (Å²) in [6.45, 7) is 3.89. The molecule has 1 aromatic rings. The third kappa shape index (κ3) is 4.83. The van der Waals surface area contributed by atoms with E-state index in [1.807, 2.05) is 19.9 Å². The lowest BCUT2D eigenvalue weighted by Gasteiger charge is -2.12. The van der Waals surface area contributed by atoms with Crippen LogP contribution in [0.3, 0.4) is 0 Å². The van der Waals surface area contributed by atoms with E-state index in [0.717, 1.165) is 27.9 Å². The number of hydrogen-bond acceptors (Lipinski definition) is 6. The van der Waals surface area contributed by atoms with Gasteiger partial charge in [-0.05, 0) is 44.4 Å². The maximum absolute atomic E-state index is 11.8. The van der Waals surface area contributed by atoms with Crippen LogP contribution in [-0.2, 0) is 19.1 Å². The highest BCUT2D eigenvalue weighted by atomic mass is 32.2. The first-order valence-electron chi connectivity index (χ1n) is 9.14. The van der Waals surface area contributed by atoms with Gasteiger partial charge < -0.3 is 14.6 Å². The van der Waals surface area contributed by atoms with Crippen molar-refractivity contribution in [2.45, 2.75) is 32.7 Å². The molecular weight excluding hydrogens is 382 g/mol. The molecule has 1 saturated carbocycles. The minimum Gasteiger partial charge on any atom is -0.452 e. The number of carbonyl (C=O) groups excluding carboxylic acids is 4. The second-order valence-electron chi connectivity index (χ2n) is 6.82. The average molecular weight is 405 g/mol. The van der Waals surface area contributed by atoms with Gasteiger partial charge in [0.25, 0.3) is 11.1 Å². The van der Waals surface area contributed by atoms with Gasteiger partial charge in [0.2, 0.25) is 5.91 Å². The molecule has 0 radical (unpaired) electrons. The fourth-order valence-corrected chi connectivity index (χ4v) is 3.92. The standard InChI is InChI=1S/C19H23N3O5S/c1-12-9-14(13(2)22(12)15-4-5-15)3-6-18(25)27-10-16(23)20-7-8-21-17(24)11-28-19(21)26/h3,6,9,15H,4-5,7-8,10-11H2,1-2H3,(H,20,23)/b6-3+. The second kappa shape index (κ2) is 8.64. The van der Waals surface area contributed by atoms with E-state index in [1.54, 1.807) is 6.08 Å². The number of esters is 1. The molecule has 0 bridgehead atoms. The lowest BCUT2D eigenvalue weighted by molar-refractivity contribution is -0.143. The maximum atomic E-state index is 11.8. The van der Waals surface area contributed by atoms with Crippen molar-refractivity contribution < 1.29 is 23.9 Å². The molecule has 2 heterocycles. The molecule has 3 rings (SSSR count). The molecule has 0 atom stereocenters. The molecule has 0 aromatic carbocycles. The largest absolute Gasteiger partial charge is 0.452 e. The van der Waals surface area contributed by atoms with Crippen LogP contribution in [0.1, 0.15) is 35.8 Å². The van der Waals surface area contributed by atoms with Crippen molar-refractivity contribution in [3.63, 3.8) is 0 Å². The molecule has 1 aliphatic carbocycles. The van der Waals surface area contributed by atoms with Gasteiger partial charge in [-0.15, -0.1) is 0 Å². The zero-order valence-electron chi connectivity index (χ0n) is 15.9. The molecule has 2 aliphatic rings. The van der Waals surface area contributed by atoms with E-state index in [2.05, 4.69) is 9.88 Å². The molecule has 0 spiro atoms. The van der Waals surface area contributed by atoms with E-state index < -0.39 is 18.5 Å². The van der Waals surface area contributed by atoms with E-state index in [4.69, 9.17) is 4.74 Å². The fraction of sp³-hybridized carbons (Fsp3) is 0.474.